The van der Waals surface area contributed by atoms with Gasteiger partial charge in [-0.05, 0) is 6.92 Å². The summed E-state index contributed by atoms with van der Waals surface area (Å²) in [6, 6.07) is 0. The Morgan fingerprint density at radius 2 is 1.75 bits per heavy atom. The molecule has 1 fully saturated rings. The lowest BCUT2D eigenvalue weighted by Crippen LogP contribution is -2.59. The van der Waals surface area contributed by atoms with E-state index >= 15 is 0 Å². The molecule has 0 aliphatic carbocycles. The van der Waals surface area contributed by atoms with Crippen LogP contribution in [0.3, 0.4) is 0 Å². The molecule has 0 spiro atoms. The second kappa shape index (κ2) is 4.32. The standard InChI is InChI=1S/C9H7F7O4/c1-3(2)4(17)19-5-6(10,11)8(18,9(14,15)16)20-7(5,12)13/h5,18H,1H2,2H3/t5?,8-/m1/s1. The average Bonchev–Trinajstić information content (AvgIpc) is 2.34. The van der Waals surface area contributed by atoms with Gasteiger partial charge in [0.2, 0.25) is 0 Å². The van der Waals surface area contributed by atoms with E-state index in [-0.39, 0.29) is 0 Å². The van der Waals surface area contributed by atoms with E-state index in [1.165, 1.54) is 0 Å². The Morgan fingerprint density at radius 1 is 1.30 bits per heavy atom. The van der Waals surface area contributed by atoms with E-state index < -0.39 is 41.6 Å². The zero-order chi connectivity index (χ0) is 16.1. The van der Waals surface area contributed by atoms with Crippen LogP contribution in [0.1, 0.15) is 6.92 Å². The SMILES string of the molecule is C=C(C)C(=O)OC1C(F)(F)O[C@@](O)(C(F)(F)F)C1(F)F. The number of rotatable bonds is 2. The molecule has 0 aromatic carbocycles. The smallest absolute Gasteiger partial charge is 0.443 e. The van der Waals surface area contributed by atoms with Gasteiger partial charge in [-0.2, -0.15) is 30.7 Å². The second-order valence-electron chi connectivity index (χ2n) is 3.99. The summed E-state index contributed by atoms with van der Waals surface area (Å²) in [6.07, 6.45) is -15.4. The Labute approximate surface area is 106 Å². The van der Waals surface area contributed by atoms with Gasteiger partial charge in [0, 0.05) is 5.57 Å². The Bertz CT molecular complexity index is 444. The minimum absolute atomic E-state index is 0.612. The zero-order valence-electron chi connectivity index (χ0n) is 9.60. The summed E-state index contributed by atoms with van der Waals surface area (Å²) >= 11 is 0. The normalized spacial score (nSPS) is 31.9. The van der Waals surface area contributed by atoms with E-state index in [1.807, 2.05) is 0 Å². The van der Waals surface area contributed by atoms with Crippen LogP contribution in [-0.4, -0.2) is 41.2 Å². The second-order valence-corrected chi connectivity index (χ2v) is 3.99. The van der Waals surface area contributed by atoms with Gasteiger partial charge in [-0.1, -0.05) is 6.58 Å². The zero-order valence-corrected chi connectivity index (χ0v) is 9.60. The highest BCUT2D eigenvalue weighted by Gasteiger charge is 2.86. The topological polar surface area (TPSA) is 55.8 Å². The van der Waals surface area contributed by atoms with Crippen molar-refractivity contribution in [1.82, 2.24) is 0 Å². The van der Waals surface area contributed by atoms with Crippen LogP contribution in [0.2, 0.25) is 0 Å². The minimum Gasteiger partial charge on any atom is -0.443 e. The lowest BCUT2D eigenvalue weighted by atomic mass is 10.1. The molecule has 1 aliphatic rings. The maximum atomic E-state index is 13.4. The highest BCUT2D eigenvalue weighted by atomic mass is 19.4. The number of hydrogen-bond donors (Lipinski definition) is 1. The Morgan fingerprint density at radius 3 is 2.05 bits per heavy atom. The van der Waals surface area contributed by atoms with E-state index in [4.69, 9.17) is 5.11 Å². The molecule has 2 atom stereocenters. The maximum absolute atomic E-state index is 13.4. The lowest BCUT2D eigenvalue weighted by Gasteiger charge is -2.29. The van der Waals surface area contributed by atoms with Crippen molar-refractivity contribution in [3.63, 3.8) is 0 Å². The molecular formula is C9H7F7O4. The molecule has 4 nitrogen and oxygen atoms in total. The molecule has 20 heavy (non-hydrogen) atoms. The van der Waals surface area contributed by atoms with Crippen LogP contribution >= 0.6 is 0 Å². The molecule has 0 radical (unpaired) electrons. The van der Waals surface area contributed by atoms with Gasteiger partial charge in [-0.3, -0.25) is 4.74 Å². The molecule has 0 aromatic heterocycles. The summed E-state index contributed by atoms with van der Waals surface area (Å²) in [4.78, 5) is 10.9. The molecular weight excluding hydrogens is 305 g/mol. The van der Waals surface area contributed by atoms with Crippen molar-refractivity contribution in [2.45, 2.75) is 37.0 Å². The van der Waals surface area contributed by atoms with Crippen LogP contribution in [0.25, 0.3) is 0 Å². The van der Waals surface area contributed by atoms with E-state index in [2.05, 4.69) is 16.1 Å². The summed E-state index contributed by atoms with van der Waals surface area (Å²) in [5, 5.41) is 8.72. The lowest BCUT2D eigenvalue weighted by molar-refractivity contribution is -0.433. The first kappa shape index (κ1) is 16.7. The molecule has 1 saturated heterocycles. The first-order valence-electron chi connectivity index (χ1n) is 4.78. The van der Waals surface area contributed by atoms with Gasteiger partial charge in [0.15, 0.2) is 0 Å². The number of aliphatic hydroxyl groups is 1. The Hall–Kier alpha value is -1.36. The van der Waals surface area contributed by atoms with Crippen LogP contribution in [0.4, 0.5) is 30.7 Å². The molecule has 0 saturated carbocycles. The van der Waals surface area contributed by atoms with Crippen molar-refractivity contribution in [3.05, 3.63) is 12.2 Å². The van der Waals surface area contributed by atoms with Crippen molar-refractivity contribution in [2.75, 3.05) is 0 Å². The summed E-state index contributed by atoms with van der Waals surface area (Å²) in [5.41, 5.74) is -0.612. The number of hydrogen-bond acceptors (Lipinski definition) is 4. The Balaban J connectivity index is 3.26. The van der Waals surface area contributed by atoms with Crippen molar-refractivity contribution >= 4 is 5.97 Å². The molecule has 0 aromatic rings. The van der Waals surface area contributed by atoms with Crippen molar-refractivity contribution in [3.8, 4) is 0 Å². The summed E-state index contributed by atoms with van der Waals surface area (Å²) in [7, 11) is 0. The molecule has 1 heterocycles. The number of halogens is 7. The number of carbonyl (C=O) groups is 1. The third kappa shape index (κ3) is 2.24. The molecule has 1 aliphatic heterocycles. The highest BCUT2D eigenvalue weighted by molar-refractivity contribution is 5.87. The highest BCUT2D eigenvalue weighted by Crippen LogP contribution is 2.56. The van der Waals surface area contributed by atoms with Crippen molar-refractivity contribution in [2.24, 2.45) is 0 Å². The fourth-order valence-electron chi connectivity index (χ4n) is 1.30. The fourth-order valence-corrected chi connectivity index (χ4v) is 1.30. The predicted octanol–water partition coefficient (Wildman–Crippen LogP) is 1.98. The van der Waals surface area contributed by atoms with Gasteiger partial charge >= 0.3 is 30.0 Å². The van der Waals surface area contributed by atoms with Gasteiger partial charge < -0.3 is 9.84 Å². The first-order chi connectivity index (χ1) is 8.67. The molecule has 1 N–H and O–H groups in total. The van der Waals surface area contributed by atoms with Crippen molar-refractivity contribution < 1.29 is 50.1 Å². The van der Waals surface area contributed by atoms with Crippen LogP contribution in [0.15, 0.2) is 12.2 Å². The van der Waals surface area contributed by atoms with E-state index in [9.17, 15) is 35.5 Å². The monoisotopic (exact) mass is 312 g/mol. The van der Waals surface area contributed by atoms with Gasteiger partial charge in [0.25, 0.3) is 6.10 Å². The van der Waals surface area contributed by atoms with E-state index in [1.54, 1.807) is 0 Å². The molecule has 0 amide bonds. The first-order valence-corrected chi connectivity index (χ1v) is 4.78. The van der Waals surface area contributed by atoms with Gasteiger partial charge in [0.05, 0.1) is 0 Å². The number of esters is 1. The third-order valence-electron chi connectivity index (χ3n) is 2.33. The number of ether oxygens (including phenoxy) is 2. The fraction of sp³-hybridized carbons (Fsp3) is 0.667. The summed E-state index contributed by atoms with van der Waals surface area (Å²) in [6.45, 7) is 3.78. The van der Waals surface area contributed by atoms with Gasteiger partial charge in [0.1, 0.15) is 0 Å². The van der Waals surface area contributed by atoms with Crippen LogP contribution in [-0.2, 0) is 14.3 Å². The molecule has 11 heteroatoms. The van der Waals surface area contributed by atoms with Gasteiger partial charge in [-0.25, -0.2) is 4.79 Å². The van der Waals surface area contributed by atoms with E-state index in [0.717, 1.165) is 6.92 Å². The van der Waals surface area contributed by atoms with Crippen LogP contribution in [0.5, 0.6) is 0 Å². The number of alkyl halides is 7. The molecule has 1 rings (SSSR count). The summed E-state index contributed by atoms with van der Waals surface area (Å²) in [5.74, 6) is -12.9. The maximum Gasteiger partial charge on any atom is 0.450 e. The van der Waals surface area contributed by atoms with Crippen LogP contribution < -0.4 is 0 Å². The Kier molecular flexibility index (Phi) is 3.60. The largest absolute Gasteiger partial charge is 0.450 e. The quantitative estimate of drug-likeness (QED) is 0.481. The molecule has 0 bridgehead atoms. The van der Waals surface area contributed by atoms with Crippen LogP contribution in [0, 0.1) is 0 Å². The van der Waals surface area contributed by atoms with Crippen molar-refractivity contribution in [1.29, 1.82) is 0 Å². The third-order valence-corrected chi connectivity index (χ3v) is 2.33. The molecule has 1 unspecified atom stereocenters. The average molecular weight is 312 g/mol. The molecule has 116 valence electrons. The minimum atomic E-state index is -6.25. The summed E-state index contributed by atoms with van der Waals surface area (Å²) < 4.78 is 96.2. The predicted molar refractivity (Wildman–Crippen MR) is 46.7 cm³/mol. The van der Waals surface area contributed by atoms with E-state index in [0.29, 0.717) is 0 Å². The number of carbonyl (C=O) groups excluding carboxylic acids is 1. The van der Waals surface area contributed by atoms with Gasteiger partial charge in [-0.15, -0.1) is 0 Å².